The topological polar surface area (TPSA) is 85.2 Å². The maximum atomic E-state index is 12.6. The van der Waals surface area contributed by atoms with E-state index in [1.54, 1.807) is 61.9 Å². The van der Waals surface area contributed by atoms with Crippen molar-refractivity contribution in [3.8, 4) is 16.9 Å². The van der Waals surface area contributed by atoms with Crippen molar-refractivity contribution in [3.05, 3.63) is 89.2 Å². The molecule has 172 valence electrons. The van der Waals surface area contributed by atoms with E-state index in [4.69, 9.17) is 13.6 Å². The summed E-state index contributed by atoms with van der Waals surface area (Å²) in [7, 11) is 3.18. The molecule has 1 amide bonds. The Labute approximate surface area is 200 Å². The van der Waals surface area contributed by atoms with Gasteiger partial charge in [-0.2, -0.15) is 0 Å². The van der Waals surface area contributed by atoms with E-state index < -0.39 is 5.63 Å². The van der Waals surface area contributed by atoms with E-state index in [-0.39, 0.29) is 5.91 Å². The van der Waals surface area contributed by atoms with E-state index in [0.717, 1.165) is 5.39 Å². The number of ether oxygens (including phenoxy) is 1. The zero-order valence-electron chi connectivity index (χ0n) is 18.8. The largest absolute Gasteiger partial charge is 0.496 e. The molecule has 4 rings (SSSR count). The summed E-state index contributed by atoms with van der Waals surface area (Å²) in [6.45, 7) is 0. The molecule has 34 heavy (non-hydrogen) atoms. The summed E-state index contributed by atoms with van der Waals surface area (Å²) in [5.74, 6) is 0.806. The average molecular weight is 475 g/mol. The summed E-state index contributed by atoms with van der Waals surface area (Å²) < 4.78 is 16.2. The van der Waals surface area contributed by atoms with Crippen LogP contribution in [0.4, 0.5) is 5.69 Å². The smallest absolute Gasteiger partial charge is 0.344 e. The molecule has 7 nitrogen and oxygen atoms in total. The van der Waals surface area contributed by atoms with Crippen molar-refractivity contribution in [2.75, 3.05) is 20.4 Å². The van der Waals surface area contributed by atoms with Crippen molar-refractivity contribution in [2.45, 2.75) is 0 Å². The molecule has 8 heteroatoms. The Balaban J connectivity index is 1.64. The van der Waals surface area contributed by atoms with Gasteiger partial charge in [0.15, 0.2) is 5.17 Å². The van der Waals surface area contributed by atoms with Crippen molar-refractivity contribution >= 4 is 45.6 Å². The molecule has 0 saturated carbocycles. The van der Waals surface area contributed by atoms with Gasteiger partial charge in [0, 0.05) is 30.1 Å². The van der Waals surface area contributed by atoms with Gasteiger partial charge in [0.2, 0.25) is 0 Å². The molecular formula is C26H22N2O5S. The van der Waals surface area contributed by atoms with Crippen LogP contribution < -0.4 is 10.4 Å². The standard InChI is InChI=1S/C26H22N2O5S/c1-28(24(29)13-11-19-8-6-14-32-19)26(34-3)27-18-10-12-20(23(16-18)31-2)21-15-17-7-4-5-9-22(17)33-25(21)30/h4-16H,1-3H3. The van der Waals surface area contributed by atoms with Gasteiger partial charge in [0.25, 0.3) is 5.91 Å². The van der Waals surface area contributed by atoms with E-state index in [9.17, 15) is 9.59 Å². The van der Waals surface area contributed by atoms with E-state index in [0.29, 0.717) is 39.1 Å². The van der Waals surface area contributed by atoms with Gasteiger partial charge in [-0.15, -0.1) is 0 Å². The number of methoxy groups -OCH3 is 1. The number of benzene rings is 2. The SMILES string of the molecule is COc1cc(N=C(SC)N(C)C(=O)C=Cc2ccco2)ccc1-c1cc2ccccc2oc1=O. The van der Waals surface area contributed by atoms with E-state index in [2.05, 4.69) is 4.99 Å². The van der Waals surface area contributed by atoms with E-state index in [1.165, 1.54) is 29.8 Å². The maximum absolute atomic E-state index is 12.6. The van der Waals surface area contributed by atoms with Crippen LogP contribution in [-0.4, -0.2) is 36.4 Å². The number of furan rings is 1. The summed E-state index contributed by atoms with van der Waals surface area (Å²) in [6, 6.07) is 17.9. The number of carbonyl (C=O) groups is 1. The van der Waals surface area contributed by atoms with Crippen LogP contribution in [0.5, 0.6) is 5.75 Å². The maximum Gasteiger partial charge on any atom is 0.344 e. The minimum absolute atomic E-state index is 0.248. The normalized spacial score (nSPS) is 11.8. The Morgan fingerprint density at radius 2 is 1.91 bits per heavy atom. The number of thioether (sulfide) groups is 1. The Kier molecular flexibility index (Phi) is 6.98. The van der Waals surface area contributed by atoms with Gasteiger partial charge in [-0.25, -0.2) is 9.79 Å². The van der Waals surface area contributed by atoms with Crippen LogP contribution in [0.2, 0.25) is 0 Å². The molecule has 0 unspecified atom stereocenters. The molecule has 2 heterocycles. The molecule has 0 spiro atoms. The molecule has 2 aromatic carbocycles. The molecule has 0 bridgehead atoms. The van der Waals surface area contributed by atoms with Crippen molar-refractivity contribution in [2.24, 2.45) is 4.99 Å². The second kappa shape index (κ2) is 10.3. The third kappa shape index (κ3) is 4.97. The molecule has 0 fully saturated rings. The summed E-state index contributed by atoms with van der Waals surface area (Å²) in [6.07, 6.45) is 6.41. The van der Waals surface area contributed by atoms with Crippen LogP contribution in [0.3, 0.4) is 0 Å². The van der Waals surface area contributed by atoms with Gasteiger partial charge in [-0.1, -0.05) is 30.0 Å². The minimum atomic E-state index is -0.452. The van der Waals surface area contributed by atoms with Crippen molar-refractivity contribution < 1.29 is 18.4 Å². The number of aliphatic imine (C=N–C) groups is 1. The van der Waals surface area contributed by atoms with Crippen molar-refractivity contribution in [3.63, 3.8) is 0 Å². The first-order chi connectivity index (χ1) is 16.5. The summed E-state index contributed by atoms with van der Waals surface area (Å²) >= 11 is 1.33. The molecule has 0 atom stereocenters. The zero-order chi connectivity index (χ0) is 24.1. The van der Waals surface area contributed by atoms with Gasteiger partial charge < -0.3 is 13.6 Å². The summed E-state index contributed by atoms with van der Waals surface area (Å²) in [5.41, 5.74) is 1.63. The second-order valence-electron chi connectivity index (χ2n) is 7.21. The molecule has 0 aliphatic rings. The van der Waals surface area contributed by atoms with Crippen molar-refractivity contribution in [1.29, 1.82) is 0 Å². The fourth-order valence-electron chi connectivity index (χ4n) is 3.34. The number of fused-ring (bicyclic) bond motifs is 1. The molecule has 0 N–H and O–H groups in total. The van der Waals surface area contributed by atoms with Crippen LogP contribution in [0, 0.1) is 0 Å². The molecule has 0 aliphatic carbocycles. The number of carbonyl (C=O) groups excluding carboxylic acids is 1. The molecular weight excluding hydrogens is 452 g/mol. The Morgan fingerprint density at radius 1 is 1.09 bits per heavy atom. The third-order valence-corrected chi connectivity index (χ3v) is 5.81. The zero-order valence-corrected chi connectivity index (χ0v) is 19.7. The van der Waals surface area contributed by atoms with Crippen LogP contribution in [0.25, 0.3) is 28.2 Å². The Morgan fingerprint density at radius 3 is 2.65 bits per heavy atom. The predicted molar refractivity (Wildman–Crippen MR) is 136 cm³/mol. The molecule has 2 aromatic heterocycles. The number of likely N-dealkylation sites (N-methyl/N-ethyl adjacent to an activating group) is 1. The molecule has 0 aliphatic heterocycles. The first kappa shape index (κ1) is 23.1. The van der Waals surface area contributed by atoms with Gasteiger partial charge in [0.1, 0.15) is 17.1 Å². The highest BCUT2D eigenvalue weighted by atomic mass is 32.2. The lowest BCUT2D eigenvalue weighted by molar-refractivity contribution is -0.121. The quantitative estimate of drug-likeness (QED) is 0.162. The number of para-hydroxylation sites is 1. The number of rotatable bonds is 5. The monoisotopic (exact) mass is 474 g/mol. The Bertz CT molecular complexity index is 1440. The summed E-state index contributed by atoms with van der Waals surface area (Å²) in [4.78, 5) is 31.2. The van der Waals surface area contributed by atoms with Crippen molar-refractivity contribution in [1.82, 2.24) is 4.90 Å². The number of hydrogen-bond donors (Lipinski definition) is 0. The highest BCUT2D eigenvalue weighted by Crippen LogP contribution is 2.33. The number of nitrogens with zero attached hydrogens (tertiary/aromatic N) is 2. The second-order valence-corrected chi connectivity index (χ2v) is 7.99. The van der Waals surface area contributed by atoms with Gasteiger partial charge in [0.05, 0.1) is 24.6 Å². The fourth-order valence-corrected chi connectivity index (χ4v) is 3.90. The third-order valence-electron chi connectivity index (χ3n) is 5.07. The van der Waals surface area contributed by atoms with Crippen LogP contribution in [0.15, 0.2) is 91.6 Å². The van der Waals surface area contributed by atoms with Gasteiger partial charge in [-0.3, -0.25) is 9.69 Å². The van der Waals surface area contributed by atoms with Crippen LogP contribution in [0.1, 0.15) is 5.76 Å². The number of amides is 1. The highest BCUT2D eigenvalue weighted by Gasteiger charge is 2.15. The first-order valence-electron chi connectivity index (χ1n) is 10.3. The van der Waals surface area contributed by atoms with E-state index >= 15 is 0 Å². The lowest BCUT2D eigenvalue weighted by Crippen LogP contribution is -2.29. The predicted octanol–water partition coefficient (Wildman–Crippen LogP) is 5.58. The van der Waals surface area contributed by atoms with E-state index in [1.807, 2.05) is 24.5 Å². The van der Waals surface area contributed by atoms with Gasteiger partial charge in [-0.05, 0) is 48.7 Å². The van der Waals surface area contributed by atoms with Crippen LogP contribution >= 0.6 is 11.8 Å². The molecule has 0 radical (unpaired) electrons. The van der Waals surface area contributed by atoms with Crippen LogP contribution in [-0.2, 0) is 4.79 Å². The molecule has 0 saturated heterocycles. The molecule has 4 aromatic rings. The van der Waals surface area contributed by atoms with Gasteiger partial charge >= 0.3 is 5.63 Å². The first-order valence-corrected chi connectivity index (χ1v) is 11.6. The highest BCUT2D eigenvalue weighted by molar-refractivity contribution is 8.13. The Hall–Kier alpha value is -4.04. The fraction of sp³-hybridized carbons (Fsp3) is 0.115. The summed E-state index contributed by atoms with van der Waals surface area (Å²) in [5, 5.41) is 1.31. The minimum Gasteiger partial charge on any atom is -0.496 e. The average Bonchev–Trinajstić information content (AvgIpc) is 3.38. The number of amidine groups is 1. The number of hydrogen-bond acceptors (Lipinski definition) is 7. The lowest BCUT2D eigenvalue weighted by atomic mass is 10.0. The lowest BCUT2D eigenvalue weighted by Gasteiger charge is -2.16.